The van der Waals surface area contributed by atoms with Crippen LogP contribution < -0.4 is 0 Å². The molecule has 2 rings (SSSR count). The highest BCUT2D eigenvalue weighted by molar-refractivity contribution is 8.00. The highest BCUT2D eigenvalue weighted by Gasteiger charge is 2.32. The van der Waals surface area contributed by atoms with Crippen LogP contribution in [0.1, 0.15) is 28.6 Å². The smallest absolute Gasteiger partial charge is 0.346 e. The standard InChI is InChI=1S/C12H17NO4S3/c1-3-9-7-13(4-5-18-9)20(16,17)10-6-8(2)11(19-10)12(14)15/h6,9H,3-5,7H2,1-2H3,(H,14,15). The summed E-state index contributed by atoms with van der Waals surface area (Å²) in [6.45, 7) is 4.66. The van der Waals surface area contributed by atoms with Gasteiger partial charge >= 0.3 is 5.97 Å². The van der Waals surface area contributed by atoms with E-state index in [1.165, 1.54) is 10.4 Å². The number of thioether (sulfide) groups is 1. The lowest BCUT2D eigenvalue weighted by molar-refractivity contribution is 0.0701. The molecule has 2 heterocycles. The summed E-state index contributed by atoms with van der Waals surface area (Å²) in [4.78, 5) is 11.1. The second-order valence-electron chi connectivity index (χ2n) is 4.65. The quantitative estimate of drug-likeness (QED) is 0.913. The number of carboxylic acid groups (broad SMARTS) is 1. The molecule has 1 fully saturated rings. The molecule has 0 saturated carbocycles. The number of aromatic carboxylic acids is 1. The minimum atomic E-state index is -3.57. The monoisotopic (exact) mass is 335 g/mol. The molecule has 0 aromatic carbocycles. The number of rotatable bonds is 4. The van der Waals surface area contributed by atoms with E-state index in [1.54, 1.807) is 18.7 Å². The first-order valence-electron chi connectivity index (χ1n) is 6.31. The van der Waals surface area contributed by atoms with Crippen LogP contribution >= 0.6 is 23.1 Å². The minimum absolute atomic E-state index is 0.0991. The van der Waals surface area contributed by atoms with Gasteiger partial charge < -0.3 is 5.11 Å². The van der Waals surface area contributed by atoms with Gasteiger partial charge in [-0.1, -0.05) is 6.92 Å². The van der Waals surface area contributed by atoms with Gasteiger partial charge in [0.1, 0.15) is 9.09 Å². The summed E-state index contributed by atoms with van der Waals surface area (Å²) in [5.74, 6) is -0.289. The predicted octanol–water partition coefficient (Wildman–Crippen LogP) is 2.27. The Hall–Kier alpha value is -0.570. The average molecular weight is 335 g/mol. The summed E-state index contributed by atoms with van der Waals surface area (Å²) in [7, 11) is -3.57. The maximum Gasteiger partial charge on any atom is 0.346 e. The third-order valence-corrected chi connectivity index (χ3v) is 8.15. The predicted molar refractivity (Wildman–Crippen MR) is 81.3 cm³/mol. The number of carbonyl (C=O) groups is 1. The van der Waals surface area contributed by atoms with Crippen LogP contribution in [-0.4, -0.2) is 47.9 Å². The lowest BCUT2D eigenvalue weighted by atomic mass is 10.3. The summed E-state index contributed by atoms with van der Waals surface area (Å²) < 4.78 is 26.8. The third-order valence-electron chi connectivity index (χ3n) is 3.24. The Kier molecular flexibility index (Phi) is 4.78. The van der Waals surface area contributed by atoms with Crippen LogP contribution in [0, 0.1) is 6.92 Å². The Morgan fingerprint density at radius 2 is 2.25 bits per heavy atom. The van der Waals surface area contributed by atoms with Crippen molar-refractivity contribution in [3.8, 4) is 0 Å². The van der Waals surface area contributed by atoms with E-state index in [2.05, 4.69) is 0 Å². The van der Waals surface area contributed by atoms with E-state index < -0.39 is 16.0 Å². The SMILES string of the molecule is CCC1CN(S(=O)(=O)c2cc(C)c(C(=O)O)s2)CCS1. The molecule has 1 N–H and O–H groups in total. The van der Waals surface area contributed by atoms with Crippen LogP contribution in [0.3, 0.4) is 0 Å². The Morgan fingerprint density at radius 1 is 1.55 bits per heavy atom. The van der Waals surface area contributed by atoms with E-state index >= 15 is 0 Å². The van der Waals surface area contributed by atoms with Gasteiger partial charge in [-0.2, -0.15) is 16.1 Å². The molecule has 1 aliphatic heterocycles. The van der Waals surface area contributed by atoms with Crippen molar-refractivity contribution in [1.29, 1.82) is 0 Å². The number of carboxylic acids is 1. The van der Waals surface area contributed by atoms with Crippen molar-refractivity contribution in [3.63, 3.8) is 0 Å². The van der Waals surface area contributed by atoms with Gasteiger partial charge in [-0.25, -0.2) is 13.2 Å². The Bertz CT molecular complexity index is 608. The van der Waals surface area contributed by atoms with Crippen molar-refractivity contribution >= 4 is 39.1 Å². The fourth-order valence-electron chi connectivity index (χ4n) is 2.08. The number of hydrogen-bond donors (Lipinski definition) is 1. The van der Waals surface area contributed by atoms with E-state index in [0.29, 0.717) is 23.9 Å². The number of aryl methyl sites for hydroxylation is 1. The molecular formula is C12H17NO4S3. The van der Waals surface area contributed by atoms with Gasteiger partial charge in [0, 0.05) is 24.1 Å². The Morgan fingerprint density at radius 3 is 2.80 bits per heavy atom. The van der Waals surface area contributed by atoms with Crippen LogP contribution in [0.25, 0.3) is 0 Å². The molecule has 0 amide bonds. The molecule has 0 radical (unpaired) electrons. The van der Waals surface area contributed by atoms with Gasteiger partial charge in [0.25, 0.3) is 10.0 Å². The van der Waals surface area contributed by atoms with Gasteiger partial charge in [0.15, 0.2) is 0 Å². The van der Waals surface area contributed by atoms with Crippen molar-refractivity contribution < 1.29 is 18.3 Å². The van der Waals surface area contributed by atoms with Crippen molar-refractivity contribution in [3.05, 3.63) is 16.5 Å². The topological polar surface area (TPSA) is 74.7 Å². The number of thiophene rings is 1. The van der Waals surface area contributed by atoms with E-state index in [4.69, 9.17) is 5.11 Å². The van der Waals surface area contributed by atoms with Crippen molar-refractivity contribution in [2.75, 3.05) is 18.8 Å². The first kappa shape index (κ1) is 15.8. The fourth-order valence-corrected chi connectivity index (χ4v) is 6.49. The molecule has 0 spiro atoms. The van der Waals surface area contributed by atoms with Gasteiger partial charge in [0.2, 0.25) is 0 Å². The van der Waals surface area contributed by atoms with Crippen molar-refractivity contribution in [2.45, 2.75) is 29.7 Å². The summed E-state index contributed by atoms with van der Waals surface area (Å²) in [6, 6.07) is 1.46. The maximum absolute atomic E-state index is 12.6. The van der Waals surface area contributed by atoms with Crippen molar-refractivity contribution in [2.24, 2.45) is 0 Å². The molecule has 0 aliphatic carbocycles. The van der Waals surface area contributed by atoms with Gasteiger partial charge in [0.05, 0.1) is 0 Å². The minimum Gasteiger partial charge on any atom is -0.477 e. The maximum atomic E-state index is 12.6. The van der Waals surface area contributed by atoms with E-state index in [-0.39, 0.29) is 9.09 Å². The normalized spacial score (nSPS) is 21.0. The molecule has 5 nitrogen and oxygen atoms in total. The van der Waals surface area contributed by atoms with Crippen LogP contribution in [0.15, 0.2) is 10.3 Å². The van der Waals surface area contributed by atoms with E-state index in [0.717, 1.165) is 23.5 Å². The largest absolute Gasteiger partial charge is 0.477 e. The number of hydrogen-bond acceptors (Lipinski definition) is 5. The molecule has 1 saturated heterocycles. The number of nitrogens with zero attached hydrogens (tertiary/aromatic N) is 1. The van der Waals surface area contributed by atoms with Crippen molar-refractivity contribution in [1.82, 2.24) is 4.31 Å². The van der Waals surface area contributed by atoms with Crippen LogP contribution in [0.4, 0.5) is 0 Å². The lowest BCUT2D eigenvalue weighted by Gasteiger charge is -2.30. The van der Waals surface area contributed by atoms with Gasteiger partial charge in [-0.3, -0.25) is 0 Å². The number of sulfonamides is 1. The van der Waals surface area contributed by atoms with Crippen LogP contribution in [0.2, 0.25) is 0 Å². The van der Waals surface area contributed by atoms with E-state index in [9.17, 15) is 13.2 Å². The second kappa shape index (κ2) is 6.05. The Balaban J connectivity index is 2.30. The molecular weight excluding hydrogens is 318 g/mol. The molecule has 1 unspecified atom stereocenters. The highest BCUT2D eigenvalue weighted by atomic mass is 32.2. The summed E-state index contributed by atoms with van der Waals surface area (Å²) in [5, 5.41) is 9.35. The molecule has 1 aromatic heterocycles. The van der Waals surface area contributed by atoms with E-state index in [1.807, 2.05) is 6.92 Å². The zero-order valence-electron chi connectivity index (χ0n) is 11.3. The molecule has 20 heavy (non-hydrogen) atoms. The van der Waals surface area contributed by atoms with Gasteiger partial charge in [-0.05, 0) is 25.0 Å². The highest BCUT2D eigenvalue weighted by Crippen LogP contribution is 2.31. The Labute approximate surface area is 127 Å². The van der Waals surface area contributed by atoms with Gasteiger partial charge in [-0.15, -0.1) is 11.3 Å². The lowest BCUT2D eigenvalue weighted by Crippen LogP contribution is -2.41. The molecule has 0 bridgehead atoms. The summed E-state index contributed by atoms with van der Waals surface area (Å²) in [6.07, 6.45) is 0.931. The van der Waals surface area contributed by atoms with Crippen LogP contribution in [-0.2, 0) is 10.0 Å². The fraction of sp³-hybridized carbons (Fsp3) is 0.583. The second-order valence-corrected chi connectivity index (χ2v) is 9.27. The average Bonchev–Trinajstić information content (AvgIpc) is 2.82. The molecule has 8 heteroatoms. The van der Waals surface area contributed by atoms with Crippen LogP contribution in [0.5, 0.6) is 0 Å². The first-order valence-corrected chi connectivity index (χ1v) is 9.62. The summed E-state index contributed by atoms with van der Waals surface area (Å²) >= 11 is 2.64. The molecule has 1 aliphatic rings. The zero-order chi connectivity index (χ0) is 14.9. The molecule has 1 atom stereocenters. The zero-order valence-corrected chi connectivity index (χ0v) is 13.8. The molecule has 1 aromatic rings. The molecule has 112 valence electrons. The first-order chi connectivity index (χ1) is 9.36. The third kappa shape index (κ3) is 3.03. The summed E-state index contributed by atoms with van der Waals surface area (Å²) in [5.41, 5.74) is 0.500.